The van der Waals surface area contributed by atoms with Gasteiger partial charge >= 0.3 is 12.4 Å². The largest absolute Gasteiger partial charge is 0.397 e. The molecule has 105 heavy (non-hydrogen) atoms. The molecule has 7 fully saturated rings. The topological polar surface area (TPSA) is 259 Å². The molecule has 1 spiro atoms. The van der Waals surface area contributed by atoms with Gasteiger partial charge in [0.25, 0.3) is 0 Å². The van der Waals surface area contributed by atoms with Crippen molar-refractivity contribution in [1.29, 1.82) is 0 Å². The summed E-state index contributed by atoms with van der Waals surface area (Å²) in [6.45, 7) is 9.23. The Balaban J connectivity index is 1.18. The van der Waals surface area contributed by atoms with Crippen LogP contribution >= 0.6 is 0 Å². The number of fused-ring (bicyclic) bond motifs is 4. The predicted molar refractivity (Wildman–Crippen MR) is 371 cm³/mol. The smallest absolute Gasteiger partial charge is 0.377 e. The number of carbonyl (C=O) groups is 11. The normalized spacial score (nSPS) is 33.6. The van der Waals surface area contributed by atoms with Crippen LogP contribution in [-0.2, 0) is 57.5 Å². The highest BCUT2D eigenvalue weighted by Crippen LogP contribution is 2.50. The van der Waals surface area contributed by atoms with Gasteiger partial charge in [-0.15, -0.1) is 0 Å². The summed E-state index contributed by atoms with van der Waals surface area (Å²) in [5, 5.41) is 8.54. The van der Waals surface area contributed by atoms with Crippen LogP contribution in [0.4, 0.5) is 35.1 Å². The fraction of sp³-hybridized carbons (Fsp3) is 0.824. The van der Waals surface area contributed by atoms with Crippen molar-refractivity contribution in [3.8, 4) is 0 Å². The van der Waals surface area contributed by atoms with Gasteiger partial charge in [-0.3, -0.25) is 52.7 Å². The second kappa shape index (κ2) is 35.1. The van der Waals surface area contributed by atoms with E-state index in [1.165, 1.54) is 49.9 Å². The van der Waals surface area contributed by atoms with E-state index in [-0.39, 0.29) is 116 Å². The van der Waals surface area contributed by atoms with Crippen LogP contribution in [0.3, 0.4) is 0 Å². The van der Waals surface area contributed by atoms with E-state index in [1.807, 2.05) is 20.8 Å². The number of nitrogens with zero attached hydrogens (tertiary/aromatic N) is 8. The maximum Gasteiger partial charge on any atom is 0.397 e. The maximum absolute atomic E-state index is 15.7. The zero-order chi connectivity index (χ0) is 77.5. The van der Waals surface area contributed by atoms with Crippen molar-refractivity contribution in [2.24, 2.45) is 40.9 Å². The van der Waals surface area contributed by atoms with Crippen LogP contribution in [-0.4, -0.2) is 263 Å². The molecule has 0 aromatic heterocycles. The van der Waals surface area contributed by atoms with Crippen LogP contribution in [0.5, 0.6) is 0 Å². The summed E-state index contributed by atoms with van der Waals surface area (Å²) in [7, 11) is 6.92. The standard InChI is InChI=1S/C74H113F8N11O12/c1-12-43(4)61-68(102)87(8)40-59(96)89(10)54-24-16-15-19-31-92(67(54)101)56(35-44-25-28-47(29-26-44)73(77,78)79)66(100)86(7)39-57(94)83-52(30-27-45-33-50(75)60(51(76)34-45)74(80,81)82)65(99)93-38-49(105-14-3)37-55(93)64(98)85-72(41-71(5,6)42-72)70(104)90(11)62(46-21-17-18-22-46)69(103)91-32-20-23-48(91)36-58(95)88(9)53(13-2)63(97)84-61/h15-16,43-56,60-62H,12-14,17-42H2,1-11H3,(H,83,94)(H,84,97)(H,85,98)/b16-15-/t43-,44?,45?,47?,48+,49+,50?,51?,52-,53-,54-,55-,56-,60?,61-,62-/m0/s1. The van der Waals surface area contributed by atoms with Gasteiger partial charge in [0.15, 0.2) is 0 Å². The molecular formula is C74H113F8N11O12. The Morgan fingerprint density at radius 3 is 1.84 bits per heavy atom. The molecule has 4 saturated carbocycles. The van der Waals surface area contributed by atoms with E-state index in [1.54, 1.807) is 37.8 Å². The molecule has 4 aliphatic carbocycles. The van der Waals surface area contributed by atoms with E-state index in [0.29, 0.717) is 32.1 Å². The molecule has 2 bridgehead atoms. The number of ether oxygens (including phenoxy) is 1. The van der Waals surface area contributed by atoms with Crippen molar-refractivity contribution < 1.29 is 92.6 Å². The minimum atomic E-state index is -5.20. The monoisotopic (exact) mass is 1500 g/mol. The van der Waals surface area contributed by atoms with Crippen LogP contribution < -0.4 is 16.0 Å². The molecule has 4 heterocycles. The lowest BCUT2D eigenvalue weighted by Gasteiger charge is -2.54. The highest BCUT2D eigenvalue weighted by molar-refractivity contribution is 6.00. The van der Waals surface area contributed by atoms with Gasteiger partial charge in [-0.25, -0.2) is 8.78 Å². The lowest BCUT2D eigenvalue weighted by molar-refractivity contribution is -0.219. The van der Waals surface area contributed by atoms with Crippen molar-refractivity contribution in [2.75, 3.05) is 74.6 Å². The van der Waals surface area contributed by atoms with E-state index in [4.69, 9.17) is 4.74 Å². The first kappa shape index (κ1) is 83.9. The number of alkyl halides is 8. The van der Waals surface area contributed by atoms with E-state index in [9.17, 15) is 50.3 Å². The molecule has 23 nitrogen and oxygen atoms in total. The van der Waals surface area contributed by atoms with Crippen molar-refractivity contribution in [2.45, 2.75) is 274 Å². The zero-order valence-electron chi connectivity index (χ0n) is 63.0. The summed E-state index contributed by atoms with van der Waals surface area (Å²) in [4.78, 5) is 176. The number of rotatable bonds is 11. The Labute approximate surface area is 612 Å². The molecule has 3 N–H and O–H groups in total. The molecule has 31 heteroatoms. The van der Waals surface area contributed by atoms with E-state index in [0.717, 1.165) is 32.4 Å². The Morgan fingerprint density at radius 1 is 0.610 bits per heavy atom. The number of likely N-dealkylation sites (N-methyl/N-ethyl adjacent to an activating group) is 5. The van der Waals surface area contributed by atoms with E-state index >= 15 is 37.5 Å². The van der Waals surface area contributed by atoms with Gasteiger partial charge in [0, 0.05) is 80.4 Å². The molecule has 8 rings (SSSR count). The molecule has 4 aliphatic heterocycles. The molecule has 11 amide bonds. The SMILES string of the molecule is CCO[C@@H]1C[C@H]2C(=O)NC3(CC(C)(C)C3)C(=O)N(C)[C@@H](C3CCCC3)C(=O)N3CCC[C@@H]3CC(=O)N(C)[C@@H](CC)C(=O)N[C@@H]([C@@H](C)CC)C(=O)N(C)CC(=O)N(C)[C@H]3C/C=C\CCN(C3=O)[C@@H](CC3CCC(C(F)(F)F)CC3)C(=O)N(C)CC(=O)N[C@@H](CCC3CC(F)C(C(F)(F)F)C(F)C3)C(=O)N2C1. The van der Waals surface area contributed by atoms with Gasteiger partial charge in [-0.05, 0) is 152 Å². The number of halogens is 8. The Morgan fingerprint density at radius 2 is 1.25 bits per heavy atom. The fourth-order valence-electron chi connectivity index (χ4n) is 18.2. The number of hydrogen-bond acceptors (Lipinski definition) is 12. The highest BCUT2D eigenvalue weighted by Gasteiger charge is 2.60. The van der Waals surface area contributed by atoms with Crippen molar-refractivity contribution >= 4 is 65.0 Å². The third-order valence-electron chi connectivity index (χ3n) is 24.1. The van der Waals surface area contributed by atoms with E-state index < -0.39 is 217 Å². The predicted octanol–water partition coefficient (Wildman–Crippen LogP) is 7.43. The summed E-state index contributed by atoms with van der Waals surface area (Å²) in [5.41, 5.74) is -2.19. The average molecular weight is 1500 g/mol. The molecule has 3 saturated heterocycles. The number of nitrogens with one attached hydrogen (secondary N) is 3. The molecule has 8 aliphatic rings. The van der Waals surface area contributed by atoms with Crippen LogP contribution in [0.25, 0.3) is 0 Å². The third kappa shape index (κ3) is 19.8. The summed E-state index contributed by atoms with van der Waals surface area (Å²) in [5.74, 6) is -14.8. The quantitative estimate of drug-likeness (QED) is 0.135. The molecule has 0 radical (unpaired) electrons. The first-order chi connectivity index (χ1) is 49.3. The van der Waals surface area contributed by atoms with Gasteiger partial charge in [0.2, 0.25) is 65.0 Å². The lowest BCUT2D eigenvalue weighted by Crippen LogP contribution is -2.71. The fourth-order valence-corrected chi connectivity index (χ4v) is 18.2. The van der Waals surface area contributed by atoms with Gasteiger partial charge in [0.05, 0.1) is 25.1 Å². The zero-order valence-corrected chi connectivity index (χ0v) is 63.0. The van der Waals surface area contributed by atoms with Crippen LogP contribution in [0.2, 0.25) is 0 Å². The summed E-state index contributed by atoms with van der Waals surface area (Å²) >= 11 is 0. The minimum absolute atomic E-state index is 0.00934. The van der Waals surface area contributed by atoms with Gasteiger partial charge < -0.3 is 59.9 Å². The number of carbonyl (C=O) groups excluding carboxylic acids is 11. The lowest BCUT2D eigenvalue weighted by atomic mass is 9.58. The Kier molecular flexibility index (Phi) is 28.1. The maximum atomic E-state index is 15.7. The van der Waals surface area contributed by atoms with Gasteiger partial charge in [-0.2, -0.15) is 26.3 Å². The van der Waals surface area contributed by atoms with Crippen LogP contribution in [0.15, 0.2) is 12.2 Å². The van der Waals surface area contributed by atoms with Crippen molar-refractivity contribution in [3.05, 3.63) is 12.2 Å². The second-order valence-electron chi connectivity index (χ2n) is 32.2. The third-order valence-corrected chi connectivity index (χ3v) is 24.1. The summed E-state index contributed by atoms with van der Waals surface area (Å²) < 4.78 is 121. The number of hydrogen-bond donors (Lipinski definition) is 3. The molecule has 2 unspecified atom stereocenters. The Bertz CT molecular complexity index is 3150. The van der Waals surface area contributed by atoms with Crippen LogP contribution in [0.1, 0.15) is 189 Å². The van der Waals surface area contributed by atoms with Crippen molar-refractivity contribution in [3.63, 3.8) is 0 Å². The molecular weight excluding hydrogens is 1390 g/mol. The molecule has 592 valence electrons. The van der Waals surface area contributed by atoms with Gasteiger partial charge in [-0.1, -0.05) is 66.0 Å². The van der Waals surface area contributed by atoms with Gasteiger partial charge in [0.1, 0.15) is 66.1 Å². The second-order valence-corrected chi connectivity index (χ2v) is 32.2. The number of amides is 11. The van der Waals surface area contributed by atoms with E-state index in [2.05, 4.69) is 16.0 Å². The average Bonchev–Trinajstić information content (AvgIpc) is 1.42. The van der Waals surface area contributed by atoms with Crippen molar-refractivity contribution in [1.82, 2.24) is 55.1 Å². The Hall–Kier alpha value is -6.69. The first-order valence-corrected chi connectivity index (χ1v) is 38.1. The first-order valence-electron chi connectivity index (χ1n) is 38.1. The van der Waals surface area contributed by atoms with Crippen LogP contribution in [0, 0.1) is 40.9 Å². The molecule has 0 aromatic carbocycles. The summed E-state index contributed by atoms with van der Waals surface area (Å²) in [6.07, 6.45) is -11.3. The molecule has 12 atom stereocenters. The molecule has 0 aromatic rings. The minimum Gasteiger partial charge on any atom is -0.377 e. The highest BCUT2D eigenvalue weighted by atomic mass is 19.4. The summed E-state index contributed by atoms with van der Waals surface area (Å²) in [6, 6.07) is -9.94.